The van der Waals surface area contributed by atoms with E-state index in [1.807, 2.05) is 30.3 Å². The monoisotopic (exact) mass is 430 g/mol. The molecule has 0 bridgehead atoms. The largest absolute Gasteiger partial charge is 0.291 e. The van der Waals surface area contributed by atoms with Crippen molar-refractivity contribution < 1.29 is 22.4 Å². The molecule has 0 aliphatic heterocycles. The van der Waals surface area contributed by atoms with Crippen LogP contribution in [0.25, 0.3) is 0 Å². The normalized spacial score (nSPS) is 12.6. The van der Waals surface area contributed by atoms with Crippen LogP contribution in [0, 0.1) is 0 Å². The van der Waals surface area contributed by atoms with E-state index in [4.69, 9.17) is 11.6 Å². The second kappa shape index (κ2) is 8.60. The Kier molecular flexibility index (Phi) is 6.16. The van der Waals surface area contributed by atoms with Gasteiger partial charge in [-0.25, -0.2) is 31.9 Å². The number of benzene rings is 1. The first kappa shape index (κ1) is 20.8. The lowest BCUT2D eigenvalue weighted by molar-refractivity contribution is -0.119. The minimum absolute atomic E-state index is 0.0660. The van der Waals surface area contributed by atoms with Crippen molar-refractivity contribution in [3.63, 3.8) is 0 Å². The van der Waals surface area contributed by atoms with Gasteiger partial charge >= 0.3 is 0 Å². The van der Waals surface area contributed by atoms with Gasteiger partial charge in [0.1, 0.15) is 23.8 Å². The molecular weight excluding hydrogens is 416 g/mol. The van der Waals surface area contributed by atoms with Crippen LogP contribution in [0.1, 0.15) is 42.8 Å². The molecule has 2 heterocycles. The molecule has 3 aromatic rings. The van der Waals surface area contributed by atoms with Crippen LogP contribution >= 0.6 is 11.6 Å². The average Bonchev–Trinajstić information content (AvgIpc) is 3.25. The molecular formula is C17H15ClF4N6O. The topological polar surface area (TPSA) is 77.6 Å². The van der Waals surface area contributed by atoms with Crippen LogP contribution in [0.3, 0.4) is 0 Å². The predicted molar refractivity (Wildman–Crippen MR) is 96.1 cm³/mol. The van der Waals surface area contributed by atoms with Gasteiger partial charge in [-0.1, -0.05) is 41.9 Å². The van der Waals surface area contributed by atoms with Gasteiger partial charge in [0.25, 0.3) is 18.8 Å². The van der Waals surface area contributed by atoms with Gasteiger partial charge in [0.05, 0.1) is 11.6 Å². The standard InChI is InChI=1S/C17H15ClF4N6O/c1-9(28-13(15(21)22)11(18)12(25-28)14(19)20)16(29)24-17-23-8-27(26-17)7-10-5-3-2-4-6-10/h2-6,8-9,14-15H,7H2,1H3,(H,24,26,29). The van der Waals surface area contributed by atoms with Crippen molar-refractivity contribution in [1.82, 2.24) is 24.5 Å². The number of hydrogen-bond acceptors (Lipinski definition) is 4. The van der Waals surface area contributed by atoms with Gasteiger partial charge in [-0.3, -0.25) is 10.1 Å². The number of alkyl halides is 4. The van der Waals surface area contributed by atoms with Gasteiger partial charge in [0, 0.05) is 0 Å². The maximum absolute atomic E-state index is 13.3. The molecule has 1 aromatic carbocycles. The first-order valence-electron chi connectivity index (χ1n) is 8.36. The molecule has 1 atom stereocenters. The van der Waals surface area contributed by atoms with Crippen molar-refractivity contribution in [1.29, 1.82) is 0 Å². The third-order valence-electron chi connectivity index (χ3n) is 4.03. The van der Waals surface area contributed by atoms with Crippen molar-refractivity contribution in [2.24, 2.45) is 0 Å². The molecule has 0 saturated heterocycles. The van der Waals surface area contributed by atoms with Crippen molar-refractivity contribution in [2.45, 2.75) is 32.4 Å². The molecule has 29 heavy (non-hydrogen) atoms. The van der Waals surface area contributed by atoms with Crippen LogP contribution in [0.5, 0.6) is 0 Å². The molecule has 0 fully saturated rings. The molecule has 0 saturated carbocycles. The van der Waals surface area contributed by atoms with E-state index in [9.17, 15) is 22.4 Å². The average molecular weight is 431 g/mol. The third-order valence-corrected chi connectivity index (χ3v) is 4.42. The summed E-state index contributed by atoms with van der Waals surface area (Å²) in [7, 11) is 0. The van der Waals surface area contributed by atoms with Gasteiger partial charge in [0.15, 0.2) is 0 Å². The van der Waals surface area contributed by atoms with E-state index in [1.54, 1.807) is 0 Å². The quantitative estimate of drug-likeness (QED) is 0.568. The van der Waals surface area contributed by atoms with E-state index in [0.29, 0.717) is 11.2 Å². The summed E-state index contributed by atoms with van der Waals surface area (Å²) in [5, 5.41) is 8.97. The molecule has 0 aliphatic carbocycles. The van der Waals surface area contributed by atoms with Crippen LogP contribution in [-0.4, -0.2) is 30.5 Å². The molecule has 12 heteroatoms. The highest BCUT2D eigenvalue weighted by Gasteiger charge is 2.32. The summed E-state index contributed by atoms with van der Waals surface area (Å²) in [6, 6.07) is 8.00. The molecule has 1 amide bonds. The number of amides is 1. The van der Waals surface area contributed by atoms with Gasteiger partial charge in [0.2, 0.25) is 5.95 Å². The number of anilines is 1. The summed E-state index contributed by atoms with van der Waals surface area (Å²) in [6.45, 7) is 1.63. The molecule has 1 N–H and O–H groups in total. The molecule has 0 radical (unpaired) electrons. The predicted octanol–water partition coefficient (Wildman–Crippen LogP) is 4.25. The van der Waals surface area contributed by atoms with Crippen molar-refractivity contribution in [3.8, 4) is 0 Å². The summed E-state index contributed by atoms with van der Waals surface area (Å²) in [4.78, 5) is 16.3. The summed E-state index contributed by atoms with van der Waals surface area (Å²) < 4.78 is 54.4. The van der Waals surface area contributed by atoms with E-state index in [1.165, 1.54) is 17.9 Å². The molecule has 1 unspecified atom stereocenters. The zero-order valence-corrected chi connectivity index (χ0v) is 15.7. The molecule has 3 rings (SSSR count). The first-order valence-corrected chi connectivity index (χ1v) is 8.74. The zero-order valence-electron chi connectivity index (χ0n) is 14.9. The fraction of sp³-hybridized carbons (Fsp3) is 0.294. The van der Waals surface area contributed by atoms with Gasteiger partial charge in [-0.05, 0) is 12.5 Å². The minimum Gasteiger partial charge on any atom is -0.291 e. The second-order valence-corrected chi connectivity index (χ2v) is 6.42. The Morgan fingerprint density at radius 2 is 1.83 bits per heavy atom. The summed E-state index contributed by atoms with van der Waals surface area (Å²) in [5.74, 6) is -0.881. The Labute approximate surface area is 167 Å². The number of nitrogens with one attached hydrogen (secondary N) is 1. The zero-order chi connectivity index (χ0) is 21.1. The fourth-order valence-corrected chi connectivity index (χ4v) is 2.89. The van der Waals surface area contributed by atoms with Crippen LogP contribution in [0.15, 0.2) is 36.7 Å². The number of rotatable bonds is 7. The molecule has 0 aliphatic rings. The van der Waals surface area contributed by atoms with Gasteiger partial charge in [-0.15, -0.1) is 5.10 Å². The van der Waals surface area contributed by atoms with Crippen LogP contribution < -0.4 is 5.32 Å². The van der Waals surface area contributed by atoms with Gasteiger partial charge in [-0.2, -0.15) is 5.10 Å². The van der Waals surface area contributed by atoms with E-state index in [-0.39, 0.29) is 5.95 Å². The highest BCUT2D eigenvalue weighted by atomic mass is 35.5. The molecule has 7 nitrogen and oxygen atoms in total. The Bertz CT molecular complexity index is 991. The van der Waals surface area contributed by atoms with E-state index < -0.39 is 41.2 Å². The highest BCUT2D eigenvalue weighted by Crippen LogP contribution is 2.36. The maximum atomic E-state index is 13.3. The summed E-state index contributed by atoms with van der Waals surface area (Å²) in [5.41, 5.74) is -1.00. The Morgan fingerprint density at radius 3 is 2.45 bits per heavy atom. The highest BCUT2D eigenvalue weighted by molar-refractivity contribution is 6.32. The number of aromatic nitrogens is 5. The lowest BCUT2D eigenvalue weighted by atomic mass is 10.2. The summed E-state index contributed by atoms with van der Waals surface area (Å²) >= 11 is 5.61. The SMILES string of the molecule is CC(C(=O)Nc1ncn(Cc2ccccc2)n1)n1nc(C(F)F)c(Cl)c1C(F)F. The summed E-state index contributed by atoms with van der Waals surface area (Å²) in [6.07, 6.45) is -4.97. The van der Waals surface area contributed by atoms with E-state index >= 15 is 0 Å². The molecule has 154 valence electrons. The fourth-order valence-electron chi connectivity index (χ4n) is 2.60. The number of carbonyl (C=O) groups is 1. The number of halogens is 5. The number of carbonyl (C=O) groups excluding carboxylic acids is 1. The third kappa shape index (κ3) is 4.56. The van der Waals surface area contributed by atoms with Crippen molar-refractivity contribution in [2.75, 3.05) is 5.32 Å². The van der Waals surface area contributed by atoms with Gasteiger partial charge < -0.3 is 0 Å². The number of hydrogen-bond donors (Lipinski definition) is 1. The van der Waals surface area contributed by atoms with Crippen LogP contribution in [0.4, 0.5) is 23.5 Å². The van der Waals surface area contributed by atoms with E-state index in [0.717, 1.165) is 5.56 Å². The molecule has 0 spiro atoms. The minimum atomic E-state index is -3.19. The van der Waals surface area contributed by atoms with Crippen molar-refractivity contribution in [3.05, 3.63) is 58.6 Å². The second-order valence-electron chi connectivity index (χ2n) is 6.05. The van der Waals surface area contributed by atoms with Crippen LogP contribution in [0.2, 0.25) is 5.02 Å². The van der Waals surface area contributed by atoms with E-state index in [2.05, 4.69) is 20.5 Å². The maximum Gasteiger partial charge on any atom is 0.283 e. The Morgan fingerprint density at radius 1 is 1.14 bits per heavy atom. The lowest BCUT2D eigenvalue weighted by Crippen LogP contribution is -2.26. The molecule has 2 aromatic heterocycles. The van der Waals surface area contributed by atoms with Crippen LogP contribution in [-0.2, 0) is 11.3 Å². The van der Waals surface area contributed by atoms with Crippen molar-refractivity contribution >= 4 is 23.5 Å². The first-order chi connectivity index (χ1) is 13.8. The lowest BCUT2D eigenvalue weighted by Gasteiger charge is -2.14. The Balaban J connectivity index is 1.75. The number of nitrogens with zero attached hydrogens (tertiary/aromatic N) is 5. The smallest absolute Gasteiger partial charge is 0.283 e. The Hall–Kier alpha value is -2.95.